The molecule has 34 heavy (non-hydrogen) atoms. The smallest absolute Gasteiger partial charge is 0.226 e. The van der Waals surface area contributed by atoms with Crippen molar-refractivity contribution in [3.63, 3.8) is 0 Å². The fourth-order valence-corrected chi connectivity index (χ4v) is 8.55. The Labute approximate surface area is 216 Å². The van der Waals surface area contributed by atoms with Gasteiger partial charge in [0.05, 0.1) is 5.54 Å². The number of aliphatic imine (C=N–C) groups is 1. The number of halogens is 1. The Morgan fingerprint density at radius 2 is 1.71 bits per heavy atom. The summed E-state index contributed by atoms with van der Waals surface area (Å²) in [5.74, 6) is 3.86. The van der Waals surface area contributed by atoms with E-state index >= 15 is 0 Å². The minimum Gasteiger partial charge on any atom is -0.347 e. The van der Waals surface area contributed by atoms with Crippen LogP contribution in [0.25, 0.3) is 0 Å². The van der Waals surface area contributed by atoms with Crippen LogP contribution in [0.4, 0.5) is 5.69 Å². The van der Waals surface area contributed by atoms with Crippen LogP contribution < -0.4 is 5.32 Å². The van der Waals surface area contributed by atoms with Crippen molar-refractivity contribution < 1.29 is 4.79 Å². The lowest BCUT2D eigenvalue weighted by Crippen LogP contribution is -2.50. The molecule has 1 saturated heterocycles. The van der Waals surface area contributed by atoms with E-state index in [0.29, 0.717) is 6.42 Å². The summed E-state index contributed by atoms with van der Waals surface area (Å²) < 4.78 is 0. The Kier molecular flexibility index (Phi) is 8.56. The van der Waals surface area contributed by atoms with Gasteiger partial charge in [0.2, 0.25) is 5.91 Å². The first-order valence-electron chi connectivity index (χ1n) is 13.4. The topological polar surface area (TPSA) is 44.7 Å². The number of aryl methyl sites for hydroxylation is 1. The molecule has 6 rings (SSSR count). The minimum atomic E-state index is 0. The van der Waals surface area contributed by atoms with Crippen molar-refractivity contribution >= 4 is 40.9 Å². The molecule has 1 amide bonds. The molecule has 1 N–H and O–H groups in total. The van der Waals surface area contributed by atoms with Gasteiger partial charge in [-0.3, -0.25) is 9.79 Å². The molecule has 4 aliphatic carbocycles. The van der Waals surface area contributed by atoms with Crippen molar-refractivity contribution in [3.05, 3.63) is 29.8 Å². The summed E-state index contributed by atoms with van der Waals surface area (Å²) >= 11 is 1.90. The molecule has 0 aromatic heterocycles. The summed E-state index contributed by atoms with van der Waals surface area (Å²) in [7, 11) is 0. The maximum absolute atomic E-state index is 12.9. The predicted molar refractivity (Wildman–Crippen MR) is 147 cm³/mol. The Morgan fingerprint density at radius 1 is 1.06 bits per heavy atom. The monoisotopic (exact) mass is 503 g/mol. The SMILES string of the molecule is CCCCc1ccc(NC(=O)CC2CSC(=NC34CC5CC(CC(C5)C3)C4)N2CCC)cc1.Cl. The highest BCUT2D eigenvalue weighted by Crippen LogP contribution is 2.57. The summed E-state index contributed by atoms with van der Waals surface area (Å²) in [5.41, 5.74) is 2.47. The summed E-state index contributed by atoms with van der Waals surface area (Å²) in [6, 6.07) is 8.66. The molecule has 6 heteroatoms. The number of hydrogen-bond donors (Lipinski definition) is 1. The average molecular weight is 504 g/mol. The lowest BCUT2D eigenvalue weighted by atomic mass is 9.53. The molecule has 5 aliphatic rings. The van der Waals surface area contributed by atoms with E-state index in [1.807, 2.05) is 11.8 Å². The molecule has 1 atom stereocenters. The highest BCUT2D eigenvalue weighted by atomic mass is 35.5. The number of amidine groups is 1. The number of unbranched alkanes of at least 4 members (excludes halogenated alkanes) is 1. The quantitative estimate of drug-likeness (QED) is 0.397. The van der Waals surface area contributed by atoms with E-state index in [-0.39, 0.29) is 29.9 Å². The van der Waals surface area contributed by atoms with Gasteiger partial charge >= 0.3 is 0 Å². The van der Waals surface area contributed by atoms with Crippen LogP contribution in [-0.2, 0) is 11.2 Å². The third-order valence-corrected chi connectivity index (χ3v) is 9.51. The summed E-state index contributed by atoms with van der Waals surface area (Å²) in [4.78, 5) is 20.9. The molecule has 188 valence electrons. The van der Waals surface area contributed by atoms with Crippen molar-refractivity contribution in [2.75, 3.05) is 17.6 Å². The summed E-state index contributed by atoms with van der Waals surface area (Å²) in [6.07, 6.45) is 13.5. The van der Waals surface area contributed by atoms with E-state index in [0.717, 1.165) is 48.6 Å². The maximum atomic E-state index is 12.9. The number of carbonyl (C=O) groups is 1. The second-order valence-corrected chi connectivity index (χ2v) is 12.2. The molecule has 1 unspecified atom stereocenters. The predicted octanol–water partition coefficient (Wildman–Crippen LogP) is 6.93. The first-order chi connectivity index (χ1) is 16.1. The van der Waals surface area contributed by atoms with Gasteiger partial charge in [0.1, 0.15) is 0 Å². The molecule has 0 spiro atoms. The second kappa shape index (κ2) is 11.2. The number of rotatable bonds is 9. The van der Waals surface area contributed by atoms with E-state index in [1.54, 1.807) is 0 Å². The fourth-order valence-electron chi connectivity index (χ4n) is 7.25. The van der Waals surface area contributed by atoms with Crippen molar-refractivity contribution in [1.29, 1.82) is 0 Å². The molecule has 1 aromatic rings. The van der Waals surface area contributed by atoms with Gasteiger partial charge in [-0.2, -0.15) is 0 Å². The van der Waals surface area contributed by atoms with Gasteiger partial charge in [-0.15, -0.1) is 12.4 Å². The molecule has 0 radical (unpaired) electrons. The van der Waals surface area contributed by atoms with Gasteiger partial charge in [-0.1, -0.05) is 44.2 Å². The molecular weight excluding hydrogens is 462 g/mol. The van der Waals surface area contributed by atoms with E-state index in [9.17, 15) is 4.79 Å². The van der Waals surface area contributed by atoms with E-state index < -0.39 is 0 Å². The zero-order valence-corrected chi connectivity index (χ0v) is 22.6. The normalized spacial score (nSPS) is 32.8. The van der Waals surface area contributed by atoms with E-state index in [4.69, 9.17) is 4.99 Å². The van der Waals surface area contributed by atoms with Gasteiger partial charge in [-0.25, -0.2) is 0 Å². The maximum Gasteiger partial charge on any atom is 0.226 e. The number of hydrogen-bond acceptors (Lipinski definition) is 3. The van der Waals surface area contributed by atoms with Crippen molar-refractivity contribution in [2.24, 2.45) is 22.7 Å². The molecule has 1 aliphatic heterocycles. The van der Waals surface area contributed by atoms with Crippen molar-refractivity contribution in [1.82, 2.24) is 4.90 Å². The molecule has 4 nitrogen and oxygen atoms in total. The first kappa shape index (κ1) is 25.9. The zero-order valence-electron chi connectivity index (χ0n) is 20.9. The Balaban J connectivity index is 0.00000274. The van der Waals surface area contributed by atoms with Gasteiger partial charge in [0, 0.05) is 30.4 Å². The highest BCUT2D eigenvalue weighted by molar-refractivity contribution is 8.14. The van der Waals surface area contributed by atoms with Crippen LogP contribution in [0, 0.1) is 17.8 Å². The third kappa shape index (κ3) is 5.78. The van der Waals surface area contributed by atoms with E-state index in [2.05, 4.69) is 48.3 Å². The average Bonchev–Trinajstić information content (AvgIpc) is 3.12. The Hall–Kier alpha value is -1.20. The number of benzene rings is 1. The summed E-state index contributed by atoms with van der Waals surface area (Å²) in [5, 5.41) is 4.37. The van der Waals surface area contributed by atoms with E-state index in [1.165, 1.54) is 62.1 Å². The minimum absolute atomic E-state index is 0. The van der Waals surface area contributed by atoms with Crippen molar-refractivity contribution in [3.8, 4) is 0 Å². The molecule has 4 saturated carbocycles. The lowest BCUT2D eigenvalue weighted by molar-refractivity contribution is -0.116. The van der Waals surface area contributed by atoms with Gasteiger partial charge in [-0.05, 0) is 93.2 Å². The fraction of sp³-hybridized carbons (Fsp3) is 0.714. The van der Waals surface area contributed by atoms with Crippen LogP contribution >= 0.6 is 24.2 Å². The first-order valence-corrected chi connectivity index (χ1v) is 14.4. The van der Waals surface area contributed by atoms with Gasteiger partial charge < -0.3 is 10.2 Å². The summed E-state index contributed by atoms with van der Waals surface area (Å²) in [6.45, 7) is 5.46. The molecule has 1 heterocycles. The molecular formula is C28H42ClN3OS. The van der Waals surface area contributed by atoms with Crippen LogP contribution in [-0.4, -0.2) is 39.9 Å². The molecule has 5 fully saturated rings. The number of carbonyl (C=O) groups excluding carboxylic acids is 1. The Morgan fingerprint density at radius 3 is 2.29 bits per heavy atom. The van der Waals surface area contributed by atoms with Gasteiger partial charge in [0.15, 0.2) is 5.17 Å². The molecule has 4 bridgehead atoms. The number of nitrogens with one attached hydrogen (secondary N) is 1. The van der Waals surface area contributed by atoms with Crippen LogP contribution in [0.5, 0.6) is 0 Å². The highest BCUT2D eigenvalue weighted by Gasteiger charge is 2.51. The lowest BCUT2D eigenvalue weighted by Gasteiger charge is -2.55. The number of amides is 1. The zero-order chi connectivity index (χ0) is 22.8. The van der Waals surface area contributed by atoms with Crippen LogP contribution in [0.1, 0.15) is 83.6 Å². The second-order valence-electron chi connectivity index (χ2n) is 11.2. The number of nitrogens with zero attached hydrogens (tertiary/aromatic N) is 2. The number of anilines is 1. The Bertz CT molecular complexity index is 836. The van der Waals surface area contributed by atoms with Crippen molar-refractivity contribution in [2.45, 2.75) is 96.1 Å². The molecule has 1 aromatic carbocycles. The number of thioether (sulfide) groups is 1. The standard InChI is InChI=1S/C28H41N3OS.ClH/c1-3-5-6-20-7-9-24(10-8-20)29-26(32)15-25-19-33-27(31(25)11-4-2)30-28-16-21-12-22(17-28)14-23(13-21)18-28;/h7-10,21-23,25H,3-6,11-19H2,1-2H3,(H,29,32);1H. The van der Waals surface area contributed by atoms with Crippen LogP contribution in [0.2, 0.25) is 0 Å². The van der Waals surface area contributed by atoms with Crippen LogP contribution in [0.3, 0.4) is 0 Å². The third-order valence-electron chi connectivity index (χ3n) is 8.37. The van der Waals surface area contributed by atoms with Crippen LogP contribution in [0.15, 0.2) is 29.3 Å². The van der Waals surface area contributed by atoms with Gasteiger partial charge in [0.25, 0.3) is 0 Å². The largest absolute Gasteiger partial charge is 0.347 e.